The van der Waals surface area contributed by atoms with E-state index in [-0.39, 0.29) is 11.8 Å². The third kappa shape index (κ3) is 5.75. The molecule has 1 saturated heterocycles. The van der Waals surface area contributed by atoms with Crippen molar-refractivity contribution in [1.82, 2.24) is 10.2 Å². The Morgan fingerprint density at radius 3 is 2.46 bits per heavy atom. The molecule has 3 rings (SSSR count). The maximum Gasteiger partial charge on any atom is 0.223 e. The van der Waals surface area contributed by atoms with Gasteiger partial charge in [0.1, 0.15) is 12.4 Å². The van der Waals surface area contributed by atoms with Crippen molar-refractivity contribution in [3.63, 3.8) is 0 Å². The molecule has 26 heavy (non-hydrogen) atoms. The van der Waals surface area contributed by atoms with E-state index in [4.69, 9.17) is 16.3 Å². The molecule has 4 nitrogen and oxygen atoms in total. The molecule has 1 amide bonds. The lowest BCUT2D eigenvalue weighted by molar-refractivity contribution is -0.126. The van der Waals surface area contributed by atoms with Gasteiger partial charge in [-0.05, 0) is 55.8 Å². The van der Waals surface area contributed by atoms with Crippen molar-refractivity contribution >= 4 is 17.5 Å². The number of rotatable bonds is 7. The molecule has 0 saturated carbocycles. The summed E-state index contributed by atoms with van der Waals surface area (Å²) in [6, 6.07) is 17.5. The zero-order chi connectivity index (χ0) is 18.2. The highest BCUT2D eigenvalue weighted by atomic mass is 35.5. The molecule has 1 N–H and O–H groups in total. The topological polar surface area (TPSA) is 41.6 Å². The van der Waals surface area contributed by atoms with Crippen LogP contribution in [0.2, 0.25) is 5.02 Å². The molecular formula is C21H25ClN2O2. The molecule has 0 radical (unpaired) electrons. The number of carbonyl (C=O) groups excluding carboxylic acids is 1. The first-order chi connectivity index (χ1) is 12.7. The number of ether oxygens (including phenoxy) is 1. The number of nitrogens with one attached hydrogen (secondary N) is 1. The standard InChI is InChI=1S/C21H25ClN2O2/c22-19-6-8-20(9-7-19)26-15-14-24-12-10-18(11-13-24)21(25)23-16-17-4-2-1-3-5-17/h1-9,18H,10-16H2,(H,23,25). The van der Waals surface area contributed by atoms with Gasteiger partial charge in [0.15, 0.2) is 0 Å². The van der Waals surface area contributed by atoms with Crippen molar-refractivity contribution in [2.45, 2.75) is 19.4 Å². The van der Waals surface area contributed by atoms with Gasteiger partial charge in [0, 0.05) is 24.0 Å². The van der Waals surface area contributed by atoms with Gasteiger partial charge in [-0.25, -0.2) is 0 Å². The fourth-order valence-electron chi connectivity index (χ4n) is 3.17. The molecule has 0 bridgehead atoms. The fourth-order valence-corrected chi connectivity index (χ4v) is 3.30. The van der Waals surface area contributed by atoms with E-state index in [2.05, 4.69) is 10.2 Å². The minimum Gasteiger partial charge on any atom is -0.492 e. The number of hydrogen-bond acceptors (Lipinski definition) is 3. The van der Waals surface area contributed by atoms with E-state index in [0.717, 1.165) is 43.8 Å². The van der Waals surface area contributed by atoms with Crippen LogP contribution in [0, 0.1) is 5.92 Å². The SMILES string of the molecule is O=C(NCc1ccccc1)C1CCN(CCOc2ccc(Cl)cc2)CC1. The molecule has 0 unspecified atom stereocenters. The normalized spacial score (nSPS) is 15.6. The number of amides is 1. The molecule has 2 aromatic rings. The first-order valence-corrected chi connectivity index (χ1v) is 9.51. The first-order valence-electron chi connectivity index (χ1n) is 9.13. The van der Waals surface area contributed by atoms with E-state index < -0.39 is 0 Å². The Morgan fingerprint density at radius 1 is 1.08 bits per heavy atom. The molecule has 0 aliphatic carbocycles. The van der Waals surface area contributed by atoms with Crippen LogP contribution in [0.1, 0.15) is 18.4 Å². The molecule has 1 aliphatic rings. The predicted octanol–water partition coefficient (Wildman–Crippen LogP) is 3.75. The van der Waals surface area contributed by atoms with E-state index in [1.807, 2.05) is 54.6 Å². The molecule has 1 heterocycles. The Balaban J connectivity index is 1.33. The average molecular weight is 373 g/mol. The maximum atomic E-state index is 12.3. The highest BCUT2D eigenvalue weighted by Crippen LogP contribution is 2.18. The lowest BCUT2D eigenvalue weighted by Gasteiger charge is -2.31. The Morgan fingerprint density at radius 2 is 1.77 bits per heavy atom. The quantitative estimate of drug-likeness (QED) is 0.804. The molecule has 1 aliphatic heterocycles. The van der Waals surface area contributed by atoms with Gasteiger partial charge in [-0.3, -0.25) is 9.69 Å². The van der Waals surface area contributed by atoms with E-state index in [0.29, 0.717) is 18.2 Å². The van der Waals surface area contributed by atoms with Crippen LogP contribution >= 0.6 is 11.6 Å². The Labute approximate surface area is 160 Å². The summed E-state index contributed by atoms with van der Waals surface area (Å²) in [5, 5.41) is 3.77. The summed E-state index contributed by atoms with van der Waals surface area (Å²) >= 11 is 5.87. The molecule has 0 atom stereocenters. The Bertz CT molecular complexity index is 683. The summed E-state index contributed by atoms with van der Waals surface area (Å²) in [4.78, 5) is 14.7. The minimum atomic E-state index is 0.118. The lowest BCUT2D eigenvalue weighted by atomic mass is 9.96. The van der Waals surface area contributed by atoms with Crippen LogP contribution in [-0.2, 0) is 11.3 Å². The van der Waals surface area contributed by atoms with Crippen molar-refractivity contribution in [2.75, 3.05) is 26.2 Å². The number of benzene rings is 2. The summed E-state index contributed by atoms with van der Waals surface area (Å²) in [7, 11) is 0. The van der Waals surface area contributed by atoms with Crippen LogP contribution in [0.3, 0.4) is 0 Å². The summed E-state index contributed by atoms with van der Waals surface area (Å²) in [5.74, 6) is 1.13. The maximum absolute atomic E-state index is 12.3. The van der Waals surface area contributed by atoms with Crippen LogP contribution < -0.4 is 10.1 Å². The molecule has 0 spiro atoms. The van der Waals surface area contributed by atoms with Gasteiger partial charge < -0.3 is 10.1 Å². The van der Waals surface area contributed by atoms with Gasteiger partial charge in [0.05, 0.1) is 0 Å². The van der Waals surface area contributed by atoms with E-state index in [1.54, 1.807) is 0 Å². The highest BCUT2D eigenvalue weighted by molar-refractivity contribution is 6.30. The van der Waals surface area contributed by atoms with Gasteiger partial charge in [-0.15, -0.1) is 0 Å². The fraction of sp³-hybridized carbons (Fsp3) is 0.381. The van der Waals surface area contributed by atoms with Crippen molar-refractivity contribution < 1.29 is 9.53 Å². The smallest absolute Gasteiger partial charge is 0.223 e. The van der Waals surface area contributed by atoms with E-state index in [1.165, 1.54) is 0 Å². The summed E-state index contributed by atoms with van der Waals surface area (Å²) in [5.41, 5.74) is 1.14. The molecule has 138 valence electrons. The second kappa shape index (κ2) is 9.60. The van der Waals surface area contributed by atoms with Gasteiger partial charge in [-0.1, -0.05) is 41.9 Å². The summed E-state index contributed by atoms with van der Waals surface area (Å²) < 4.78 is 5.75. The van der Waals surface area contributed by atoms with Gasteiger partial charge in [-0.2, -0.15) is 0 Å². The van der Waals surface area contributed by atoms with Crippen molar-refractivity contribution in [3.05, 3.63) is 65.2 Å². The van der Waals surface area contributed by atoms with Crippen molar-refractivity contribution in [1.29, 1.82) is 0 Å². The molecule has 2 aromatic carbocycles. The van der Waals surface area contributed by atoms with E-state index in [9.17, 15) is 4.79 Å². The van der Waals surface area contributed by atoms with Crippen LogP contribution in [0.4, 0.5) is 0 Å². The third-order valence-corrected chi connectivity index (χ3v) is 5.01. The molecular weight excluding hydrogens is 348 g/mol. The van der Waals surface area contributed by atoms with Gasteiger partial charge >= 0.3 is 0 Å². The van der Waals surface area contributed by atoms with Gasteiger partial charge in [0.2, 0.25) is 5.91 Å². The molecule has 0 aromatic heterocycles. The number of piperidine rings is 1. The number of carbonyl (C=O) groups is 1. The number of halogens is 1. The number of hydrogen-bond donors (Lipinski definition) is 1. The van der Waals surface area contributed by atoms with Crippen LogP contribution in [-0.4, -0.2) is 37.0 Å². The second-order valence-electron chi connectivity index (χ2n) is 6.62. The third-order valence-electron chi connectivity index (χ3n) is 4.76. The van der Waals surface area contributed by atoms with Crippen molar-refractivity contribution in [3.8, 4) is 5.75 Å². The molecule has 1 fully saturated rings. The van der Waals surface area contributed by atoms with Crippen molar-refractivity contribution in [2.24, 2.45) is 5.92 Å². The van der Waals surface area contributed by atoms with Crippen LogP contribution in [0.5, 0.6) is 5.75 Å². The Hall–Kier alpha value is -2.04. The predicted molar refractivity (Wildman–Crippen MR) is 104 cm³/mol. The zero-order valence-electron chi connectivity index (χ0n) is 14.9. The van der Waals surface area contributed by atoms with E-state index >= 15 is 0 Å². The highest BCUT2D eigenvalue weighted by Gasteiger charge is 2.24. The molecule has 5 heteroatoms. The number of likely N-dealkylation sites (tertiary alicyclic amines) is 1. The minimum absolute atomic E-state index is 0.118. The Kier molecular flexibility index (Phi) is 6.92. The first kappa shape index (κ1) is 18.7. The summed E-state index contributed by atoms with van der Waals surface area (Å²) in [6.07, 6.45) is 1.81. The zero-order valence-corrected chi connectivity index (χ0v) is 15.6. The average Bonchev–Trinajstić information content (AvgIpc) is 2.69. The van der Waals surface area contributed by atoms with Crippen LogP contribution in [0.15, 0.2) is 54.6 Å². The van der Waals surface area contributed by atoms with Gasteiger partial charge in [0.25, 0.3) is 0 Å². The summed E-state index contributed by atoms with van der Waals surface area (Å²) in [6.45, 7) is 4.00. The van der Waals surface area contributed by atoms with Crippen LogP contribution in [0.25, 0.3) is 0 Å². The monoisotopic (exact) mass is 372 g/mol. The lowest BCUT2D eigenvalue weighted by Crippen LogP contribution is -2.41. The largest absolute Gasteiger partial charge is 0.492 e. The second-order valence-corrected chi connectivity index (χ2v) is 7.06. The number of nitrogens with zero attached hydrogens (tertiary/aromatic N) is 1.